The molecule has 1 fully saturated rings. The Bertz CT molecular complexity index is 679. The third-order valence-corrected chi connectivity index (χ3v) is 4.00. The minimum atomic E-state index is 0.0234. The van der Waals surface area contributed by atoms with Crippen LogP contribution in [0.15, 0.2) is 48.5 Å². The van der Waals surface area contributed by atoms with Gasteiger partial charge in [0.1, 0.15) is 5.75 Å². The fourth-order valence-electron chi connectivity index (χ4n) is 2.78. The van der Waals surface area contributed by atoms with Crippen molar-refractivity contribution in [2.45, 2.75) is 12.8 Å². The molecule has 1 amide bonds. The number of hydrogen-bond donors (Lipinski definition) is 1. The van der Waals surface area contributed by atoms with E-state index >= 15 is 0 Å². The van der Waals surface area contributed by atoms with Gasteiger partial charge in [-0.05, 0) is 62.3 Å². The molecule has 1 heterocycles. The zero-order valence-corrected chi connectivity index (χ0v) is 13.8. The van der Waals surface area contributed by atoms with Crippen LogP contribution in [0.4, 0.5) is 5.69 Å². The van der Waals surface area contributed by atoms with Gasteiger partial charge >= 0.3 is 0 Å². The molecule has 1 saturated heterocycles. The number of anilines is 1. The average molecular weight is 326 g/mol. The van der Waals surface area contributed by atoms with E-state index in [1.165, 1.54) is 12.8 Å². The van der Waals surface area contributed by atoms with E-state index in [0.717, 1.165) is 18.8 Å². The van der Waals surface area contributed by atoms with Crippen LogP contribution in [0.25, 0.3) is 0 Å². The first-order chi connectivity index (χ1) is 11.7. The summed E-state index contributed by atoms with van der Waals surface area (Å²) in [6, 6.07) is 14.8. The Hall–Kier alpha value is -2.53. The van der Waals surface area contributed by atoms with Crippen molar-refractivity contribution in [1.29, 1.82) is 0 Å². The van der Waals surface area contributed by atoms with Crippen molar-refractivity contribution in [2.75, 3.05) is 32.1 Å². The summed E-state index contributed by atoms with van der Waals surface area (Å²) in [5.41, 5.74) is 0.770. The smallest absolute Gasteiger partial charge is 0.238 e. The molecule has 3 rings (SSSR count). The van der Waals surface area contributed by atoms with E-state index in [1.54, 1.807) is 7.11 Å². The number of methoxy groups -OCH3 is 1. The number of hydrogen-bond acceptors (Lipinski definition) is 4. The number of nitrogens with one attached hydrogen (secondary N) is 1. The van der Waals surface area contributed by atoms with Gasteiger partial charge in [0.25, 0.3) is 0 Å². The van der Waals surface area contributed by atoms with Crippen LogP contribution in [-0.4, -0.2) is 37.6 Å². The Kier molecular flexibility index (Phi) is 5.33. The Morgan fingerprint density at radius 2 is 1.71 bits per heavy atom. The highest BCUT2D eigenvalue weighted by Gasteiger charge is 2.15. The number of likely N-dealkylation sites (tertiary alicyclic amines) is 1. The Balaban J connectivity index is 1.57. The average Bonchev–Trinajstić information content (AvgIpc) is 3.10. The predicted molar refractivity (Wildman–Crippen MR) is 93.8 cm³/mol. The molecule has 0 saturated carbocycles. The fourth-order valence-corrected chi connectivity index (χ4v) is 2.78. The number of benzene rings is 2. The van der Waals surface area contributed by atoms with Crippen LogP contribution in [0, 0.1) is 0 Å². The second kappa shape index (κ2) is 7.84. The molecule has 2 aromatic rings. The van der Waals surface area contributed by atoms with Crippen molar-refractivity contribution >= 4 is 11.6 Å². The summed E-state index contributed by atoms with van der Waals surface area (Å²) in [5.74, 6) is 2.05. The summed E-state index contributed by atoms with van der Waals surface area (Å²) in [7, 11) is 1.61. The number of para-hydroxylation sites is 2. The van der Waals surface area contributed by atoms with Gasteiger partial charge in [-0.2, -0.15) is 0 Å². The second-order valence-corrected chi connectivity index (χ2v) is 5.81. The fraction of sp³-hybridized carbons (Fsp3) is 0.316. The SMILES string of the molecule is COc1ccccc1Oc1ccc(NC(=O)CN2CCCC2)cc1. The number of rotatable bonds is 6. The molecular formula is C19H22N2O3. The van der Waals surface area contributed by atoms with Crippen molar-refractivity contribution in [3.05, 3.63) is 48.5 Å². The topological polar surface area (TPSA) is 50.8 Å². The van der Waals surface area contributed by atoms with Gasteiger partial charge in [0.05, 0.1) is 13.7 Å². The third-order valence-electron chi connectivity index (χ3n) is 4.00. The summed E-state index contributed by atoms with van der Waals surface area (Å²) in [6.07, 6.45) is 2.37. The van der Waals surface area contributed by atoms with Gasteiger partial charge in [-0.1, -0.05) is 12.1 Å². The third kappa shape index (κ3) is 4.26. The molecule has 0 unspecified atom stereocenters. The number of carbonyl (C=O) groups is 1. The van der Waals surface area contributed by atoms with Gasteiger partial charge in [-0.25, -0.2) is 0 Å². The maximum atomic E-state index is 12.0. The molecule has 1 aliphatic heterocycles. The molecule has 126 valence electrons. The first-order valence-corrected chi connectivity index (χ1v) is 8.18. The Morgan fingerprint density at radius 3 is 2.38 bits per heavy atom. The summed E-state index contributed by atoms with van der Waals surface area (Å²) in [4.78, 5) is 14.2. The van der Waals surface area contributed by atoms with Gasteiger partial charge in [0, 0.05) is 5.69 Å². The van der Waals surface area contributed by atoms with Gasteiger partial charge < -0.3 is 14.8 Å². The standard InChI is InChI=1S/C19H22N2O3/c1-23-17-6-2-3-7-18(17)24-16-10-8-15(9-11-16)20-19(22)14-21-12-4-5-13-21/h2-3,6-11H,4-5,12-14H2,1H3,(H,20,22). The lowest BCUT2D eigenvalue weighted by Gasteiger charge is -2.14. The van der Waals surface area contributed by atoms with E-state index in [2.05, 4.69) is 10.2 Å². The normalized spacial score (nSPS) is 14.4. The van der Waals surface area contributed by atoms with Crippen molar-refractivity contribution in [1.82, 2.24) is 4.90 Å². The number of ether oxygens (including phenoxy) is 2. The van der Waals surface area contributed by atoms with Crippen LogP contribution < -0.4 is 14.8 Å². The minimum Gasteiger partial charge on any atom is -0.493 e. The number of carbonyl (C=O) groups excluding carboxylic acids is 1. The molecule has 0 aliphatic carbocycles. The monoisotopic (exact) mass is 326 g/mol. The lowest BCUT2D eigenvalue weighted by molar-refractivity contribution is -0.117. The molecular weight excluding hydrogens is 304 g/mol. The van der Waals surface area contributed by atoms with Crippen LogP contribution in [0.5, 0.6) is 17.2 Å². The Morgan fingerprint density at radius 1 is 1.04 bits per heavy atom. The lowest BCUT2D eigenvalue weighted by Crippen LogP contribution is -2.30. The lowest BCUT2D eigenvalue weighted by atomic mass is 10.3. The van der Waals surface area contributed by atoms with Crippen LogP contribution in [0.1, 0.15) is 12.8 Å². The molecule has 0 bridgehead atoms. The van der Waals surface area contributed by atoms with E-state index in [9.17, 15) is 4.79 Å². The predicted octanol–water partition coefficient (Wildman–Crippen LogP) is 3.52. The first kappa shape index (κ1) is 16.3. The quantitative estimate of drug-likeness (QED) is 0.882. The summed E-state index contributed by atoms with van der Waals surface area (Å²) >= 11 is 0. The minimum absolute atomic E-state index is 0.0234. The molecule has 0 aromatic heterocycles. The van der Waals surface area contributed by atoms with Crippen molar-refractivity contribution in [3.63, 3.8) is 0 Å². The van der Waals surface area contributed by atoms with Gasteiger partial charge in [-0.3, -0.25) is 9.69 Å². The highest BCUT2D eigenvalue weighted by Crippen LogP contribution is 2.31. The molecule has 0 atom stereocenters. The van der Waals surface area contributed by atoms with Crippen molar-refractivity contribution in [3.8, 4) is 17.2 Å². The van der Waals surface area contributed by atoms with Crippen LogP contribution in [-0.2, 0) is 4.79 Å². The zero-order chi connectivity index (χ0) is 16.8. The molecule has 0 spiro atoms. The Labute approximate surface area is 142 Å². The molecule has 5 nitrogen and oxygen atoms in total. The zero-order valence-electron chi connectivity index (χ0n) is 13.8. The van der Waals surface area contributed by atoms with Crippen LogP contribution >= 0.6 is 0 Å². The van der Waals surface area contributed by atoms with Gasteiger partial charge in [0.15, 0.2) is 11.5 Å². The van der Waals surface area contributed by atoms with Crippen molar-refractivity contribution < 1.29 is 14.3 Å². The highest BCUT2D eigenvalue weighted by atomic mass is 16.5. The summed E-state index contributed by atoms with van der Waals surface area (Å²) < 4.78 is 11.1. The van der Waals surface area contributed by atoms with E-state index in [0.29, 0.717) is 23.8 Å². The van der Waals surface area contributed by atoms with Gasteiger partial charge in [-0.15, -0.1) is 0 Å². The van der Waals surface area contributed by atoms with Gasteiger partial charge in [0.2, 0.25) is 5.91 Å². The molecule has 0 radical (unpaired) electrons. The van der Waals surface area contributed by atoms with Crippen LogP contribution in [0.2, 0.25) is 0 Å². The largest absolute Gasteiger partial charge is 0.493 e. The second-order valence-electron chi connectivity index (χ2n) is 5.81. The maximum absolute atomic E-state index is 12.0. The molecule has 2 aromatic carbocycles. The van der Waals surface area contributed by atoms with Crippen LogP contribution in [0.3, 0.4) is 0 Å². The van der Waals surface area contributed by atoms with E-state index in [4.69, 9.17) is 9.47 Å². The van der Waals surface area contributed by atoms with E-state index in [-0.39, 0.29) is 5.91 Å². The van der Waals surface area contributed by atoms with E-state index in [1.807, 2.05) is 48.5 Å². The van der Waals surface area contributed by atoms with Crippen molar-refractivity contribution in [2.24, 2.45) is 0 Å². The number of nitrogens with zero attached hydrogens (tertiary/aromatic N) is 1. The molecule has 24 heavy (non-hydrogen) atoms. The van der Waals surface area contributed by atoms with E-state index < -0.39 is 0 Å². The summed E-state index contributed by atoms with van der Waals surface area (Å²) in [5, 5.41) is 2.92. The highest BCUT2D eigenvalue weighted by molar-refractivity contribution is 5.92. The summed E-state index contributed by atoms with van der Waals surface area (Å²) in [6.45, 7) is 2.48. The number of amides is 1. The first-order valence-electron chi connectivity index (χ1n) is 8.18. The maximum Gasteiger partial charge on any atom is 0.238 e. The molecule has 1 N–H and O–H groups in total. The molecule has 1 aliphatic rings. The molecule has 5 heteroatoms.